The molecule has 1 fully saturated rings. The summed E-state index contributed by atoms with van der Waals surface area (Å²) in [6.45, 7) is 1.74. The molecule has 21 heavy (non-hydrogen) atoms. The lowest BCUT2D eigenvalue weighted by molar-refractivity contribution is -0.121. The molecule has 3 nitrogen and oxygen atoms in total. The van der Waals surface area contributed by atoms with E-state index >= 15 is 0 Å². The van der Waals surface area contributed by atoms with Crippen LogP contribution in [0.1, 0.15) is 25.7 Å². The number of nitrogens with one attached hydrogen (secondary N) is 2. The van der Waals surface area contributed by atoms with Gasteiger partial charge in [0.1, 0.15) is 5.82 Å². The Labute approximate surface area is 135 Å². The van der Waals surface area contributed by atoms with Crippen LogP contribution < -0.4 is 10.6 Å². The van der Waals surface area contributed by atoms with Crippen LogP contribution in [-0.4, -0.2) is 30.8 Å². The molecule has 118 valence electrons. The third-order valence-electron chi connectivity index (χ3n) is 3.32. The van der Waals surface area contributed by atoms with Crippen LogP contribution in [0.4, 0.5) is 4.39 Å². The van der Waals surface area contributed by atoms with Crippen molar-refractivity contribution in [2.24, 2.45) is 0 Å². The number of rotatable bonds is 7. The average molecular weight is 333 g/mol. The predicted octanol–water partition coefficient (Wildman–Crippen LogP) is 2.99. The first-order valence-corrected chi connectivity index (χ1v) is 8.11. The van der Waals surface area contributed by atoms with Gasteiger partial charge in [-0.2, -0.15) is 0 Å². The molecule has 0 aromatic heterocycles. The highest BCUT2D eigenvalue weighted by Gasteiger charge is 2.16. The van der Waals surface area contributed by atoms with E-state index in [9.17, 15) is 9.18 Å². The van der Waals surface area contributed by atoms with Crippen molar-refractivity contribution < 1.29 is 9.18 Å². The molecule has 1 amide bonds. The molecule has 1 aliphatic heterocycles. The van der Waals surface area contributed by atoms with Gasteiger partial charge >= 0.3 is 0 Å². The highest BCUT2D eigenvalue weighted by molar-refractivity contribution is 7.99. The number of amides is 1. The molecule has 0 radical (unpaired) electrons. The Hall–Kier alpha value is -0.780. The minimum absolute atomic E-state index is 0. The van der Waals surface area contributed by atoms with E-state index in [1.165, 1.54) is 18.6 Å². The van der Waals surface area contributed by atoms with E-state index in [2.05, 4.69) is 10.6 Å². The fourth-order valence-corrected chi connectivity index (χ4v) is 3.10. The molecule has 1 aliphatic rings. The smallest absolute Gasteiger partial charge is 0.221 e. The summed E-state index contributed by atoms with van der Waals surface area (Å²) in [4.78, 5) is 12.7. The van der Waals surface area contributed by atoms with E-state index in [1.807, 2.05) is 0 Å². The van der Waals surface area contributed by atoms with E-state index in [4.69, 9.17) is 0 Å². The SMILES string of the molecule is Cl.O=C(CC1CCCN1)NCCCSc1ccc(F)cc1. The maximum Gasteiger partial charge on any atom is 0.221 e. The van der Waals surface area contributed by atoms with Crippen molar-refractivity contribution >= 4 is 30.1 Å². The summed E-state index contributed by atoms with van der Waals surface area (Å²) in [5, 5.41) is 6.27. The lowest BCUT2D eigenvalue weighted by Crippen LogP contribution is -2.32. The average Bonchev–Trinajstić information content (AvgIpc) is 2.93. The van der Waals surface area contributed by atoms with Gasteiger partial charge in [0, 0.05) is 23.9 Å². The maximum atomic E-state index is 12.7. The molecular formula is C15H22ClFN2OS. The molecule has 2 N–H and O–H groups in total. The minimum Gasteiger partial charge on any atom is -0.356 e. The number of thioether (sulfide) groups is 1. The molecule has 1 unspecified atom stereocenters. The molecule has 1 atom stereocenters. The van der Waals surface area contributed by atoms with Crippen LogP contribution in [0.25, 0.3) is 0 Å². The molecule has 1 heterocycles. The first-order valence-electron chi connectivity index (χ1n) is 7.12. The van der Waals surface area contributed by atoms with Crippen molar-refractivity contribution in [2.45, 2.75) is 36.6 Å². The highest BCUT2D eigenvalue weighted by Crippen LogP contribution is 2.18. The van der Waals surface area contributed by atoms with Crippen LogP contribution in [0.2, 0.25) is 0 Å². The Morgan fingerprint density at radius 3 is 2.81 bits per heavy atom. The van der Waals surface area contributed by atoms with Crippen LogP contribution >= 0.6 is 24.2 Å². The highest BCUT2D eigenvalue weighted by atomic mass is 35.5. The lowest BCUT2D eigenvalue weighted by Gasteiger charge is -2.10. The van der Waals surface area contributed by atoms with Crippen LogP contribution in [0.3, 0.4) is 0 Å². The van der Waals surface area contributed by atoms with Crippen molar-refractivity contribution in [1.29, 1.82) is 0 Å². The summed E-state index contributed by atoms with van der Waals surface area (Å²) in [6.07, 6.45) is 3.79. The van der Waals surface area contributed by atoms with Crippen molar-refractivity contribution in [3.8, 4) is 0 Å². The van der Waals surface area contributed by atoms with Gasteiger partial charge in [0.25, 0.3) is 0 Å². The van der Waals surface area contributed by atoms with E-state index in [-0.39, 0.29) is 24.1 Å². The van der Waals surface area contributed by atoms with Gasteiger partial charge in [-0.3, -0.25) is 4.79 Å². The number of carbonyl (C=O) groups is 1. The quantitative estimate of drug-likeness (QED) is 0.596. The topological polar surface area (TPSA) is 41.1 Å². The van der Waals surface area contributed by atoms with E-state index in [1.54, 1.807) is 23.9 Å². The van der Waals surface area contributed by atoms with Gasteiger partial charge in [-0.25, -0.2) is 4.39 Å². The monoisotopic (exact) mass is 332 g/mol. The first-order chi connectivity index (χ1) is 9.74. The molecule has 1 aromatic carbocycles. The van der Waals surface area contributed by atoms with Crippen LogP contribution in [0.15, 0.2) is 29.2 Å². The zero-order valence-corrected chi connectivity index (χ0v) is 13.6. The summed E-state index contributed by atoms with van der Waals surface area (Å²) in [6, 6.07) is 6.87. The fourth-order valence-electron chi connectivity index (χ4n) is 2.25. The standard InChI is InChI=1S/C15H21FN2OS.ClH/c16-12-4-6-14(7-5-12)20-10-2-9-18-15(19)11-13-3-1-8-17-13;/h4-7,13,17H,1-3,8-11H2,(H,18,19);1H. The van der Waals surface area contributed by atoms with Crippen LogP contribution in [0, 0.1) is 5.82 Å². The third-order valence-corrected chi connectivity index (χ3v) is 4.42. The molecule has 1 aromatic rings. The zero-order chi connectivity index (χ0) is 14.2. The number of hydrogen-bond acceptors (Lipinski definition) is 3. The normalized spacial score (nSPS) is 17.3. The second-order valence-electron chi connectivity index (χ2n) is 5.00. The molecule has 0 bridgehead atoms. The summed E-state index contributed by atoms with van der Waals surface area (Å²) in [5.74, 6) is 0.853. The number of hydrogen-bond donors (Lipinski definition) is 2. The Kier molecular flexibility index (Phi) is 8.73. The molecule has 0 saturated carbocycles. The van der Waals surface area contributed by atoms with Crippen molar-refractivity contribution in [3.05, 3.63) is 30.1 Å². The van der Waals surface area contributed by atoms with Gasteiger partial charge in [0.2, 0.25) is 5.91 Å². The Balaban J connectivity index is 0.00000220. The van der Waals surface area contributed by atoms with Crippen molar-refractivity contribution in [2.75, 3.05) is 18.8 Å². The molecular weight excluding hydrogens is 311 g/mol. The second-order valence-corrected chi connectivity index (χ2v) is 6.17. The van der Waals surface area contributed by atoms with Gasteiger partial charge in [0.15, 0.2) is 0 Å². The summed E-state index contributed by atoms with van der Waals surface area (Å²) in [5.41, 5.74) is 0. The lowest BCUT2D eigenvalue weighted by atomic mass is 10.1. The van der Waals surface area contributed by atoms with Gasteiger partial charge in [0.05, 0.1) is 0 Å². The fraction of sp³-hybridized carbons (Fsp3) is 0.533. The summed E-state index contributed by atoms with van der Waals surface area (Å²) >= 11 is 1.68. The van der Waals surface area contributed by atoms with E-state index in [0.29, 0.717) is 19.0 Å². The van der Waals surface area contributed by atoms with Gasteiger partial charge < -0.3 is 10.6 Å². The van der Waals surface area contributed by atoms with Gasteiger partial charge in [-0.05, 0) is 55.8 Å². The van der Waals surface area contributed by atoms with Crippen LogP contribution in [0.5, 0.6) is 0 Å². The van der Waals surface area contributed by atoms with E-state index < -0.39 is 0 Å². The Morgan fingerprint density at radius 2 is 2.14 bits per heavy atom. The predicted molar refractivity (Wildman–Crippen MR) is 87.6 cm³/mol. The number of benzene rings is 1. The zero-order valence-electron chi connectivity index (χ0n) is 11.9. The van der Waals surface area contributed by atoms with Crippen LogP contribution in [-0.2, 0) is 4.79 Å². The largest absolute Gasteiger partial charge is 0.356 e. The summed E-state index contributed by atoms with van der Waals surface area (Å²) < 4.78 is 12.7. The van der Waals surface area contributed by atoms with Crippen molar-refractivity contribution in [1.82, 2.24) is 10.6 Å². The minimum atomic E-state index is -0.206. The summed E-state index contributed by atoms with van der Waals surface area (Å²) in [7, 11) is 0. The van der Waals surface area contributed by atoms with E-state index in [0.717, 1.165) is 30.0 Å². The Morgan fingerprint density at radius 1 is 1.38 bits per heavy atom. The maximum absolute atomic E-state index is 12.7. The third kappa shape index (κ3) is 7.16. The number of halogens is 2. The molecule has 0 aliphatic carbocycles. The Bertz CT molecular complexity index is 424. The van der Waals surface area contributed by atoms with Gasteiger partial charge in [-0.1, -0.05) is 0 Å². The molecule has 1 saturated heterocycles. The van der Waals surface area contributed by atoms with Crippen molar-refractivity contribution in [3.63, 3.8) is 0 Å². The first kappa shape index (κ1) is 18.3. The molecule has 2 rings (SSSR count). The molecule has 6 heteroatoms. The second kappa shape index (κ2) is 10.0. The number of carbonyl (C=O) groups excluding carboxylic acids is 1. The van der Waals surface area contributed by atoms with Gasteiger partial charge in [-0.15, -0.1) is 24.2 Å². The molecule has 0 spiro atoms.